The molecule has 21 heavy (non-hydrogen) atoms. The largest absolute Gasteiger partial charge is 0.479 e. The molecular weight excluding hydrogens is 264 g/mol. The summed E-state index contributed by atoms with van der Waals surface area (Å²) in [6, 6.07) is 17.7. The summed E-state index contributed by atoms with van der Waals surface area (Å²) >= 11 is 0. The fraction of sp³-hybridized carbons (Fsp3) is 0.167. The summed E-state index contributed by atoms with van der Waals surface area (Å²) in [5.74, 6) is -0.995. The number of aliphatic carboxylic acids is 1. The maximum atomic E-state index is 11.7. The lowest BCUT2D eigenvalue weighted by atomic mass is 9.87. The van der Waals surface area contributed by atoms with Gasteiger partial charge in [0.1, 0.15) is 0 Å². The number of fused-ring (bicyclic) bond motifs is 3. The fourth-order valence-electron chi connectivity index (χ4n) is 2.76. The van der Waals surface area contributed by atoms with Crippen molar-refractivity contribution in [2.45, 2.75) is 12.5 Å². The van der Waals surface area contributed by atoms with Crippen molar-refractivity contribution in [1.29, 1.82) is 0 Å². The van der Waals surface area contributed by atoms with Gasteiger partial charge in [-0.2, -0.15) is 0 Å². The lowest BCUT2D eigenvalue weighted by molar-refractivity contribution is -0.161. The molecule has 0 aliphatic rings. The molecule has 0 fully saturated rings. The van der Waals surface area contributed by atoms with Gasteiger partial charge in [-0.25, -0.2) is 4.79 Å². The van der Waals surface area contributed by atoms with E-state index in [1.54, 1.807) is 6.92 Å². The van der Waals surface area contributed by atoms with E-state index in [2.05, 4.69) is 0 Å². The molecule has 0 saturated heterocycles. The second-order valence-electron chi connectivity index (χ2n) is 5.23. The Kier molecular flexibility index (Phi) is 3.15. The Bertz CT molecular complexity index is 838. The van der Waals surface area contributed by atoms with Crippen molar-refractivity contribution in [2.24, 2.45) is 0 Å². The van der Waals surface area contributed by atoms with E-state index in [-0.39, 0.29) is 0 Å². The monoisotopic (exact) mass is 280 g/mol. The third-order valence-electron chi connectivity index (χ3n) is 4.10. The molecule has 106 valence electrons. The van der Waals surface area contributed by atoms with Crippen molar-refractivity contribution in [3.8, 4) is 0 Å². The van der Waals surface area contributed by atoms with Gasteiger partial charge in [0.15, 0.2) is 5.60 Å². The van der Waals surface area contributed by atoms with Crippen LogP contribution in [0.2, 0.25) is 0 Å². The molecule has 0 spiro atoms. The van der Waals surface area contributed by atoms with Crippen LogP contribution in [0.4, 0.5) is 0 Å². The normalized spacial score (nSPS) is 14.2. The summed E-state index contributed by atoms with van der Waals surface area (Å²) in [6.45, 7) is 1.59. The number of hydrogen-bond acceptors (Lipinski definition) is 2. The van der Waals surface area contributed by atoms with Gasteiger partial charge in [-0.3, -0.25) is 0 Å². The molecule has 0 bridgehead atoms. The molecule has 3 heteroatoms. The molecular formula is C18H16O3. The molecule has 0 radical (unpaired) electrons. The highest BCUT2D eigenvalue weighted by atomic mass is 16.5. The second kappa shape index (κ2) is 4.86. The summed E-state index contributed by atoms with van der Waals surface area (Å²) in [7, 11) is 1.43. The van der Waals surface area contributed by atoms with E-state index in [9.17, 15) is 9.90 Å². The molecule has 0 saturated carbocycles. The van der Waals surface area contributed by atoms with E-state index in [1.807, 2.05) is 54.6 Å². The standard InChI is InChI=1S/C18H16O3/c1-18(21-2,17(19)20)16-11-12-7-3-4-8-13(12)14-9-5-6-10-15(14)16/h3-11H,1-2H3,(H,19,20)/t18-/m0/s1. The van der Waals surface area contributed by atoms with Crippen LogP contribution in [0.15, 0.2) is 54.6 Å². The maximum Gasteiger partial charge on any atom is 0.340 e. The zero-order valence-electron chi connectivity index (χ0n) is 12.0. The average molecular weight is 280 g/mol. The van der Waals surface area contributed by atoms with Gasteiger partial charge in [0.25, 0.3) is 0 Å². The SMILES string of the molecule is CO[C@](C)(C(=O)O)c1cc2ccccc2c2ccccc12. The molecule has 0 unspecified atom stereocenters. The first-order valence-corrected chi connectivity index (χ1v) is 6.77. The Morgan fingerprint density at radius 1 is 1.00 bits per heavy atom. The number of rotatable bonds is 3. The van der Waals surface area contributed by atoms with Crippen LogP contribution in [0, 0.1) is 0 Å². The molecule has 3 rings (SSSR count). The first-order chi connectivity index (χ1) is 10.1. The number of benzene rings is 3. The van der Waals surface area contributed by atoms with Crippen molar-refractivity contribution in [2.75, 3.05) is 7.11 Å². The van der Waals surface area contributed by atoms with E-state index in [4.69, 9.17) is 4.74 Å². The molecule has 1 N–H and O–H groups in total. The summed E-state index contributed by atoms with van der Waals surface area (Å²) in [5, 5.41) is 13.7. The smallest absolute Gasteiger partial charge is 0.340 e. The summed E-state index contributed by atoms with van der Waals surface area (Å²) in [4.78, 5) is 11.7. The highest BCUT2D eigenvalue weighted by molar-refractivity contribution is 6.10. The Morgan fingerprint density at radius 3 is 2.19 bits per heavy atom. The van der Waals surface area contributed by atoms with E-state index >= 15 is 0 Å². The topological polar surface area (TPSA) is 46.5 Å². The molecule has 0 heterocycles. The van der Waals surface area contributed by atoms with Crippen LogP contribution in [0.1, 0.15) is 12.5 Å². The third-order valence-corrected chi connectivity index (χ3v) is 4.10. The van der Waals surface area contributed by atoms with Gasteiger partial charge < -0.3 is 9.84 Å². The average Bonchev–Trinajstić information content (AvgIpc) is 2.53. The van der Waals surface area contributed by atoms with Crippen molar-refractivity contribution >= 4 is 27.5 Å². The minimum absolute atomic E-state index is 0.673. The fourth-order valence-corrected chi connectivity index (χ4v) is 2.76. The molecule has 0 aliphatic heterocycles. The van der Waals surface area contributed by atoms with Gasteiger partial charge in [0.2, 0.25) is 0 Å². The van der Waals surface area contributed by atoms with Gasteiger partial charge in [-0.05, 0) is 34.5 Å². The number of carbonyl (C=O) groups is 1. The Morgan fingerprint density at radius 2 is 1.57 bits per heavy atom. The van der Waals surface area contributed by atoms with Crippen LogP contribution >= 0.6 is 0 Å². The molecule has 3 aromatic rings. The summed E-state index contributed by atoms with van der Waals surface area (Å²) in [5.41, 5.74) is -0.698. The van der Waals surface area contributed by atoms with Crippen LogP contribution in [0.25, 0.3) is 21.5 Å². The zero-order chi connectivity index (χ0) is 15.0. The highest BCUT2D eigenvalue weighted by Gasteiger charge is 2.36. The number of methoxy groups -OCH3 is 1. The van der Waals surface area contributed by atoms with Crippen LogP contribution in [0.3, 0.4) is 0 Å². The van der Waals surface area contributed by atoms with Gasteiger partial charge in [0.05, 0.1) is 0 Å². The van der Waals surface area contributed by atoms with Crippen LogP contribution in [-0.2, 0) is 15.1 Å². The number of hydrogen-bond donors (Lipinski definition) is 1. The predicted octanol–water partition coefficient (Wildman–Crippen LogP) is 3.94. The van der Waals surface area contributed by atoms with Gasteiger partial charge in [0, 0.05) is 12.7 Å². The van der Waals surface area contributed by atoms with E-state index in [0.717, 1.165) is 21.5 Å². The van der Waals surface area contributed by atoms with Crippen molar-refractivity contribution in [3.05, 3.63) is 60.2 Å². The van der Waals surface area contributed by atoms with E-state index in [0.29, 0.717) is 5.56 Å². The molecule has 3 aromatic carbocycles. The van der Waals surface area contributed by atoms with E-state index < -0.39 is 11.6 Å². The van der Waals surface area contributed by atoms with Gasteiger partial charge in [-0.1, -0.05) is 48.5 Å². The molecule has 3 nitrogen and oxygen atoms in total. The molecule has 0 aliphatic carbocycles. The molecule has 1 atom stereocenters. The Balaban J connectivity index is 2.49. The number of carboxylic acids is 1. The zero-order valence-corrected chi connectivity index (χ0v) is 12.0. The van der Waals surface area contributed by atoms with Crippen LogP contribution < -0.4 is 0 Å². The van der Waals surface area contributed by atoms with Crippen LogP contribution in [-0.4, -0.2) is 18.2 Å². The predicted molar refractivity (Wildman–Crippen MR) is 83.5 cm³/mol. The first-order valence-electron chi connectivity index (χ1n) is 6.77. The molecule has 0 amide bonds. The van der Waals surface area contributed by atoms with E-state index in [1.165, 1.54) is 7.11 Å². The molecule has 0 aromatic heterocycles. The van der Waals surface area contributed by atoms with Gasteiger partial charge in [-0.15, -0.1) is 0 Å². The minimum atomic E-state index is -1.37. The maximum absolute atomic E-state index is 11.7. The van der Waals surface area contributed by atoms with Crippen molar-refractivity contribution < 1.29 is 14.6 Å². The van der Waals surface area contributed by atoms with Crippen molar-refractivity contribution in [3.63, 3.8) is 0 Å². The number of ether oxygens (including phenoxy) is 1. The van der Waals surface area contributed by atoms with Gasteiger partial charge >= 0.3 is 5.97 Å². The second-order valence-corrected chi connectivity index (χ2v) is 5.23. The van der Waals surface area contributed by atoms with Crippen LogP contribution in [0.5, 0.6) is 0 Å². The summed E-state index contributed by atoms with van der Waals surface area (Å²) < 4.78 is 5.34. The lowest BCUT2D eigenvalue weighted by Crippen LogP contribution is -2.34. The van der Waals surface area contributed by atoms with Crippen molar-refractivity contribution in [1.82, 2.24) is 0 Å². The Hall–Kier alpha value is -2.39. The number of carboxylic acid groups (broad SMARTS) is 1. The minimum Gasteiger partial charge on any atom is -0.479 e. The first kappa shape index (κ1) is 13.6. The summed E-state index contributed by atoms with van der Waals surface area (Å²) in [6.07, 6.45) is 0. The lowest BCUT2D eigenvalue weighted by Gasteiger charge is -2.26. The third kappa shape index (κ3) is 1.98. The highest BCUT2D eigenvalue weighted by Crippen LogP contribution is 2.36. The Labute approximate surface area is 122 Å². The quantitative estimate of drug-likeness (QED) is 0.739.